The molecular weight excluding hydrogens is 287 g/mol. The highest BCUT2D eigenvalue weighted by atomic mass is 31.2. The van der Waals surface area contributed by atoms with Crippen molar-refractivity contribution in [2.45, 2.75) is 6.92 Å². The van der Waals surface area contributed by atoms with Gasteiger partial charge in [0.2, 0.25) is 7.44 Å². The van der Waals surface area contributed by atoms with E-state index >= 15 is 0 Å². The Kier molecular flexibility index (Phi) is 3.40. The number of urea groups is 1. The van der Waals surface area contributed by atoms with E-state index in [-0.39, 0.29) is 0 Å². The summed E-state index contributed by atoms with van der Waals surface area (Å²) in [7, 11) is -2.77. The largest absolute Gasteiger partial charge is 0.351 e. The molecule has 112 valence electrons. The third kappa shape index (κ3) is 2.50. The van der Waals surface area contributed by atoms with Gasteiger partial charge < -0.3 is 11.1 Å². The Morgan fingerprint density at radius 1 is 1.29 bits per heavy atom. The van der Waals surface area contributed by atoms with Gasteiger partial charge in [-0.2, -0.15) is 0 Å². The summed E-state index contributed by atoms with van der Waals surface area (Å²) >= 11 is 0. The predicted octanol–water partition coefficient (Wildman–Crippen LogP) is 2.28. The second-order valence-corrected chi connectivity index (χ2v) is 8.14. The van der Waals surface area contributed by atoms with E-state index in [1.54, 1.807) is 6.07 Å². The third-order valence-corrected chi connectivity index (χ3v) is 7.05. The van der Waals surface area contributed by atoms with Crippen LogP contribution in [0, 0.1) is 6.92 Å². The van der Waals surface area contributed by atoms with Gasteiger partial charge in [-0.3, -0.25) is 4.57 Å². The van der Waals surface area contributed by atoms with Gasteiger partial charge in [-0.1, -0.05) is 18.7 Å². The second kappa shape index (κ2) is 4.98. The predicted molar refractivity (Wildman–Crippen MR) is 84.2 cm³/mol. The summed E-state index contributed by atoms with van der Waals surface area (Å²) in [6.07, 6.45) is 0. The van der Waals surface area contributed by atoms with Gasteiger partial charge >= 0.3 is 6.03 Å². The van der Waals surface area contributed by atoms with Gasteiger partial charge in [-0.25, -0.2) is 14.1 Å². The van der Waals surface area contributed by atoms with Crippen LogP contribution in [0.4, 0.5) is 10.5 Å². The molecule has 3 N–H and O–H groups in total. The lowest BCUT2D eigenvalue weighted by atomic mass is 10.1. The monoisotopic (exact) mass is 306 g/mol. The van der Waals surface area contributed by atoms with Gasteiger partial charge in [-0.15, -0.1) is 0 Å². The highest BCUT2D eigenvalue weighted by Gasteiger charge is 2.50. The number of carbonyl (C=O) groups excluding carboxylic acids is 1. The smallest absolute Gasteiger partial charge is 0.316 e. The van der Waals surface area contributed by atoms with Gasteiger partial charge in [0, 0.05) is 37.1 Å². The first-order valence-corrected chi connectivity index (χ1v) is 8.52. The molecule has 0 radical (unpaired) electrons. The summed E-state index contributed by atoms with van der Waals surface area (Å²) in [5.41, 5.74) is 7.45. The van der Waals surface area contributed by atoms with Crippen LogP contribution >= 0.6 is 7.44 Å². The molecule has 0 bridgehead atoms. The number of nitrogens with two attached hydrogens (primary N) is 1. The first kappa shape index (κ1) is 14.3. The summed E-state index contributed by atoms with van der Waals surface area (Å²) in [6.45, 7) is 9.35. The summed E-state index contributed by atoms with van der Waals surface area (Å²) in [5.74, 6) is 0. The fourth-order valence-electron chi connectivity index (χ4n) is 2.59. The van der Waals surface area contributed by atoms with Crippen LogP contribution in [-0.2, 0) is 4.57 Å². The number of rotatable bonds is 5. The van der Waals surface area contributed by atoms with E-state index < -0.39 is 13.5 Å². The maximum atomic E-state index is 13.4. The number of amides is 2. The fourth-order valence-corrected chi connectivity index (χ4v) is 5.48. The molecular formula is C14H19N4O2P. The maximum Gasteiger partial charge on any atom is 0.316 e. The van der Waals surface area contributed by atoms with Crippen LogP contribution < -0.4 is 11.1 Å². The van der Waals surface area contributed by atoms with Crippen LogP contribution in [0.25, 0.3) is 5.31 Å². The van der Waals surface area contributed by atoms with E-state index in [1.807, 2.05) is 28.4 Å². The van der Waals surface area contributed by atoms with E-state index in [0.717, 1.165) is 37.3 Å². The molecule has 0 spiro atoms. The molecule has 21 heavy (non-hydrogen) atoms. The molecule has 2 saturated heterocycles. The van der Waals surface area contributed by atoms with Crippen molar-refractivity contribution < 1.29 is 9.36 Å². The van der Waals surface area contributed by atoms with E-state index in [9.17, 15) is 9.36 Å². The Hall–Kier alpha value is -1.62. The van der Waals surface area contributed by atoms with Gasteiger partial charge in [-0.05, 0) is 18.6 Å². The molecule has 2 aliphatic heterocycles. The molecule has 7 heteroatoms. The molecule has 2 fully saturated rings. The molecule has 0 atom stereocenters. The zero-order valence-electron chi connectivity index (χ0n) is 12.0. The average molecular weight is 306 g/mol. The van der Waals surface area contributed by atoms with Crippen LogP contribution in [0.15, 0.2) is 24.8 Å². The Morgan fingerprint density at radius 3 is 2.33 bits per heavy atom. The number of carbonyl (C=O) groups is 1. The van der Waals surface area contributed by atoms with Crippen molar-refractivity contribution in [2.24, 2.45) is 5.73 Å². The van der Waals surface area contributed by atoms with Gasteiger partial charge in [0.1, 0.15) is 0 Å². The SMILES string of the molecule is C=C(c1c(C)cccc1NC(N)=O)P(=O)(N1CC1)N1CC1. The van der Waals surface area contributed by atoms with E-state index in [1.165, 1.54) is 0 Å². The number of hydrogen-bond donors (Lipinski definition) is 2. The van der Waals surface area contributed by atoms with Crippen LogP contribution in [-0.4, -0.2) is 41.6 Å². The molecule has 2 amide bonds. The third-order valence-electron chi connectivity index (χ3n) is 3.78. The Bertz CT molecular complexity index is 649. The first-order valence-electron chi connectivity index (χ1n) is 6.91. The maximum absolute atomic E-state index is 13.4. The van der Waals surface area contributed by atoms with Gasteiger partial charge in [0.25, 0.3) is 0 Å². The van der Waals surface area contributed by atoms with Crippen molar-refractivity contribution in [3.05, 3.63) is 35.9 Å². The molecule has 1 aromatic rings. The molecule has 2 heterocycles. The summed E-state index contributed by atoms with van der Waals surface area (Å²) in [6, 6.07) is 4.87. The van der Waals surface area contributed by atoms with Crippen molar-refractivity contribution in [3.8, 4) is 0 Å². The lowest BCUT2D eigenvalue weighted by Crippen LogP contribution is -2.20. The Balaban J connectivity index is 2.04. The van der Waals surface area contributed by atoms with E-state index in [4.69, 9.17) is 5.73 Å². The Morgan fingerprint density at radius 2 is 1.86 bits per heavy atom. The van der Waals surface area contributed by atoms with Crippen molar-refractivity contribution in [1.29, 1.82) is 0 Å². The number of hydrogen-bond acceptors (Lipinski definition) is 2. The highest BCUT2D eigenvalue weighted by molar-refractivity contribution is 7.70. The molecule has 0 aliphatic carbocycles. The van der Waals surface area contributed by atoms with Gasteiger partial charge in [0.15, 0.2) is 0 Å². The number of aryl methyl sites for hydroxylation is 1. The molecule has 2 aliphatic rings. The van der Waals surface area contributed by atoms with Crippen LogP contribution in [0.1, 0.15) is 11.1 Å². The van der Waals surface area contributed by atoms with Crippen molar-refractivity contribution in [3.63, 3.8) is 0 Å². The summed E-state index contributed by atoms with van der Waals surface area (Å²) < 4.78 is 17.4. The number of nitrogens with one attached hydrogen (secondary N) is 1. The molecule has 6 nitrogen and oxygen atoms in total. The Labute approximate surface area is 124 Å². The number of anilines is 1. The van der Waals surface area contributed by atoms with E-state index in [2.05, 4.69) is 11.9 Å². The second-order valence-electron chi connectivity index (χ2n) is 5.38. The number of nitrogens with zero attached hydrogens (tertiary/aromatic N) is 2. The highest BCUT2D eigenvalue weighted by Crippen LogP contribution is 2.69. The zero-order chi connectivity index (χ0) is 15.2. The lowest BCUT2D eigenvalue weighted by Gasteiger charge is -2.25. The zero-order valence-corrected chi connectivity index (χ0v) is 12.9. The van der Waals surface area contributed by atoms with Crippen LogP contribution in [0.3, 0.4) is 0 Å². The molecule has 1 aromatic carbocycles. The van der Waals surface area contributed by atoms with Gasteiger partial charge in [0.05, 0.1) is 5.69 Å². The summed E-state index contributed by atoms with van der Waals surface area (Å²) in [4.78, 5) is 11.2. The van der Waals surface area contributed by atoms with Crippen molar-refractivity contribution in [1.82, 2.24) is 9.34 Å². The minimum atomic E-state index is -2.77. The standard InChI is InChI=1S/C14H19N4O2P/c1-10-4-3-5-12(16-14(15)19)13(10)11(2)21(20,17-6-7-17)18-8-9-18/h3-5H,2,6-9H2,1H3,(H3,15,16,19). The quantitative estimate of drug-likeness (QED) is 0.646. The molecule has 3 rings (SSSR count). The van der Waals surface area contributed by atoms with Crippen molar-refractivity contribution in [2.75, 3.05) is 31.5 Å². The van der Waals surface area contributed by atoms with Crippen LogP contribution in [0.2, 0.25) is 0 Å². The molecule has 0 unspecified atom stereocenters. The lowest BCUT2D eigenvalue weighted by molar-refractivity contribution is 0.259. The normalized spacial score (nSPS) is 18.3. The molecule has 0 saturated carbocycles. The van der Waals surface area contributed by atoms with Crippen molar-refractivity contribution >= 4 is 24.5 Å². The number of benzene rings is 1. The molecule has 0 aromatic heterocycles. The fraction of sp³-hybridized carbons (Fsp3) is 0.357. The van der Waals surface area contributed by atoms with E-state index in [0.29, 0.717) is 11.0 Å². The summed E-state index contributed by atoms with van der Waals surface area (Å²) in [5, 5.41) is 3.19. The number of primary amides is 1. The minimum absolute atomic E-state index is 0.566. The average Bonchev–Trinajstić information content (AvgIpc) is 3.29. The van der Waals surface area contributed by atoms with Crippen LogP contribution in [0.5, 0.6) is 0 Å². The topological polar surface area (TPSA) is 78.2 Å². The minimum Gasteiger partial charge on any atom is -0.351 e. The first-order chi connectivity index (χ1) is 9.94.